The fourth-order valence-corrected chi connectivity index (χ4v) is 2.01. The Morgan fingerprint density at radius 2 is 2.09 bits per heavy atom. The molecule has 0 saturated carbocycles. The van der Waals surface area contributed by atoms with Crippen LogP contribution in [-0.4, -0.2) is 33.7 Å². The van der Waals surface area contributed by atoms with Crippen LogP contribution < -0.4 is 5.32 Å². The molecule has 116 valence electrons. The van der Waals surface area contributed by atoms with Crippen LogP contribution in [0.15, 0.2) is 28.8 Å². The van der Waals surface area contributed by atoms with Gasteiger partial charge in [-0.05, 0) is 25.0 Å². The largest absolute Gasteiger partial charge is 0.481 e. The van der Waals surface area contributed by atoms with Crippen LogP contribution in [0.2, 0.25) is 0 Å². The van der Waals surface area contributed by atoms with Crippen molar-refractivity contribution >= 4 is 11.9 Å². The molecule has 0 fully saturated rings. The lowest BCUT2D eigenvalue weighted by molar-refractivity contribution is -0.137. The van der Waals surface area contributed by atoms with Crippen LogP contribution in [0.1, 0.15) is 29.5 Å². The number of carboxylic acids is 1. The first-order chi connectivity index (χ1) is 10.5. The minimum atomic E-state index is -0.886. The molecule has 0 aliphatic heterocycles. The molecule has 1 heterocycles. The van der Waals surface area contributed by atoms with E-state index in [4.69, 9.17) is 9.63 Å². The van der Waals surface area contributed by atoms with Crippen molar-refractivity contribution in [1.29, 1.82) is 0 Å². The van der Waals surface area contributed by atoms with Gasteiger partial charge in [0.1, 0.15) is 0 Å². The Morgan fingerprint density at radius 1 is 1.36 bits per heavy atom. The Bertz CT molecular complexity index is 681. The predicted octanol–water partition coefficient (Wildman–Crippen LogP) is 1.89. The third kappa shape index (κ3) is 3.91. The van der Waals surface area contributed by atoms with Crippen LogP contribution in [0.5, 0.6) is 0 Å². The number of carboxylic acid groups (broad SMARTS) is 1. The zero-order valence-corrected chi connectivity index (χ0v) is 12.4. The fourth-order valence-electron chi connectivity index (χ4n) is 2.01. The highest BCUT2D eigenvalue weighted by molar-refractivity contribution is 5.99. The lowest BCUT2D eigenvalue weighted by atomic mass is 10.1. The van der Waals surface area contributed by atoms with Crippen LogP contribution in [0, 0.1) is 12.8 Å². The maximum Gasteiger partial charge on any atom is 0.303 e. The van der Waals surface area contributed by atoms with Gasteiger partial charge in [0.25, 0.3) is 11.8 Å². The van der Waals surface area contributed by atoms with E-state index in [1.165, 1.54) is 0 Å². The Kier molecular flexibility index (Phi) is 4.88. The van der Waals surface area contributed by atoms with Crippen molar-refractivity contribution < 1.29 is 19.2 Å². The second kappa shape index (κ2) is 6.84. The monoisotopic (exact) mass is 303 g/mol. The number of hydrogen-bond donors (Lipinski definition) is 2. The number of rotatable bonds is 6. The molecule has 0 aliphatic carbocycles. The van der Waals surface area contributed by atoms with Gasteiger partial charge in [0.05, 0.1) is 11.1 Å². The summed E-state index contributed by atoms with van der Waals surface area (Å²) in [6.07, 6.45) is 0.00474. The summed E-state index contributed by atoms with van der Waals surface area (Å²) in [6.45, 7) is 3.74. The summed E-state index contributed by atoms with van der Waals surface area (Å²) in [5.41, 5.74) is 0.958. The maximum absolute atomic E-state index is 12.3. The highest BCUT2D eigenvalue weighted by atomic mass is 16.5. The number of aromatic nitrogens is 2. The number of amides is 1. The quantitative estimate of drug-likeness (QED) is 0.844. The second-order valence-corrected chi connectivity index (χ2v) is 5.11. The van der Waals surface area contributed by atoms with Gasteiger partial charge in [-0.15, -0.1) is 0 Å². The van der Waals surface area contributed by atoms with E-state index in [-0.39, 0.29) is 30.7 Å². The zero-order valence-electron chi connectivity index (χ0n) is 12.4. The Morgan fingerprint density at radius 3 is 2.73 bits per heavy atom. The van der Waals surface area contributed by atoms with Gasteiger partial charge in [-0.2, -0.15) is 4.98 Å². The van der Waals surface area contributed by atoms with E-state index in [0.29, 0.717) is 17.0 Å². The summed E-state index contributed by atoms with van der Waals surface area (Å²) in [5.74, 6) is -0.575. The normalized spacial score (nSPS) is 11.9. The SMILES string of the molecule is Cc1noc(-c2ccccc2C(=O)NCC(C)CC(=O)O)n1. The van der Waals surface area contributed by atoms with Gasteiger partial charge in [0.2, 0.25) is 0 Å². The van der Waals surface area contributed by atoms with Crippen molar-refractivity contribution in [3.63, 3.8) is 0 Å². The lowest BCUT2D eigenvalue weighted by Crippen LogP contribution is -2.29. The molecule has 1 amide bonds. The summed E-state index contributed by atoms with van der Waals surface area (Å²) in [7, 11) is 0. The van der Waals surface area contributed by atoms with Gasteiger partial charge in [-0.1, -0.05) is 24.2 Å². The van der Waals surface area contributed by atoms with Gasteiger partial charge >= 0.3 is 5.97 Å². The molecule has 1 aromatic heterocycles. The third-order valence-electron chi connectivity index (χ3n) is 3.06. The first-order valence-electron chi connectivity index (χ1n) is 6.87. The molecule has 0 aliphatic rings. The minimum absolute atomic E-state index is 0.00474. The number of aliphatic carboxylic acids is 1. The molecule has 22 heavy (non-hydrogen) atoms. The highest BCUT2D eigenvalue weighted by Crippen LogP contribution is 2.21. The topological polar surface area (TPSA) is 105 Å². The van der Waals surface area contributed by atoms with E-state index >= 15 is 0 Å². The van der Waals surface area contributed by atoms with Crippen molar-refractivity contribution in [2.45, 2.75) is 20.3 Å². The Labute approximate surface area is 127 Å². The predicted molar refractivity (Wildman–Crippen MR) is 78.2 cm³/mol. The standard InChI is InChI=1S/C15H17N3O4/c1-9(7-13(19)20)8-16-14(21)11-5-3-4-6-12(11)15-17-10(2)18-22-15/h3-6,9H,7-8H2,1-2H3,(H,16,21)(H,19,20). The number of nitrogens with zero attached hydrogens (tertiary/aromatic N) is 2. The van der Waals surface area contributed by atoms with E-state index in [2.05, 4.69) is 15.5 Å². The summed E-state index contributed by atoms with van der Waals surface area (Å²) in [4.78, 5) is 27.0. The van der Waals surface area contributed by atoms with E-state index < -0.39 is 5.97 Å². The van der Waals surface area contributed by atoms with Crippen molar-refractivity contribution in [1.82, 2.24) is 15.5 Å². The van der Waals surface area contributed by atoms with Gasteiger partial charge in [0.15, 0.2) is 5.82 Å². The number of carbonyl (C=O) groups is 2. The molecule has 0 saturated heterocycles. The van der Waals surface area contributed by atoms with Crippen LogP contribution in [0.25, 0.3) is 11.5 Å². The van der Waals surface area contributed by atoms with Crippen LogP contribution >= 0.6 is 0 Å². The summed E-state index contributed by atoms with van der Waals surface area (Å²) >= 11 is 0. The number of benzene rings is 1. The van der Waals surface area contributed by atoms with Crippen LogP contribution in [0.3, 0.4) is 0 Å². The van der Waals surface area contributed by atoms with Gasteiger partial charge in [-0.3, -0.25) is 9.59 Å². The average Bonchev–Trinajstić information content (AvgIpc) is 2.90. The van der Waals surface area contributed by atoms with E-state index in [9.17, 15) is 9.59 Å². The minimum Gasteiger partial charge on any atom is -0.481 e. The molecule has 1 unspecified atom stereocenters. The molecule has 2 rings (SSSR count). The molecule has 1 aromatic carbocycles. The number of carbonyl (C=O) groups excluding carboxylic acids is 1. The van der Waals surface area contributed by atoms with Gasteiger partial charge in [0, 0.05) is 13.0 Å². The van der Waals surface area contributed by atoms with Gasteiger partial charge in [-0.25, -0.2) is 0 Å². The third-order valence-corrected chi connectivity index (χ3v) is 3.06. The molecule has 7 nitrogen and oxygen atoms in total. The van der Waals surface area contributed by atoms with Crippen molar-refractivity contribution in [2.75, 3.05) is 6.54 Å². The lowest BCUT2D eigenvalue weighted by Gasteiger charge is -2.11. The first kappa shape index (κ1) is 15.7. The fraction of sp³-hybridized carbons (Fsp3) is 0.333. The van der Waals surface area contributed by atoms with Gasteiger partial charge < -0.3 is 14.9 Å². The van der Waals surface area contributed by atoms with Crippen LogP contribution in [0.4, 0.5) is 0 Å². The van der Waals surface area contributed by atoms with Crippen molar-refractivity contribution in [3.8, 4) is 11.5 Å². The Hall–Kier alpha value is -2.70. The molecular formula is C15H17N3O4. The first-order valence-corrected chi connectivity index (χ1v) is 6.87. The number of hydrogen-bond acceptors (Lipinski definition) is 5. The summed E-state index contributed by atoms with van der Waals surface area (Å²) in [5, 5.41) is 15.2. The molecule has 2 N–H and O–H groups in total. The smallest absolute Gasteiger partial charge is 0.303 e. The maximum atomic E-state index is 12.3. The molecule has 2 aromatic rings. The van der Waals surface area contributed by atoms with Crippen molar-refractivity contribution in [2.24, 2.45) is 5.92 Å². The molecule has 0 spiro atoms. The average molecular weight is 303 g/mol. The molecule has 0 radical (unpaired) electrons. The highest BCUT2D eigenvalue weighted by Gasteiger charge is 2.17. The van der Waals surface area contributed by atoms with E-state index in [0.717, 1.165) is 0 Å². The van der Waals surface area contributed by atoms with E-state index in [1.54, 1.807) is 38.1 Å². The number of nitrogens with one attached hydrogen (secondary N) is 1. The summed E-state index contributed by atoms with van der Waals surface area (Å²) in [6, 6.07) is 6.90. The van der Waals surface area contributed by atoms with Crippen molar-refractivity contribution in [3.05, 3.63) is 35.7 Å². The number of aryl methyl sites for hydroxylation is 1. The van der Waals surface area contributed by atoms with E-state index in [1.807, 2.05) is 0 Å². The molecule has 7 heteroatoms. The van der Waals surface area contributed by atoms with Crippen LogP contribution in [-0.2, 0) is 4.79 Å². The molecule has 1 atom stereocenters. The Balaban J connectivity index is 2.12. The zero-order chi connectivity index (χ0) is 16.1. The molecular weight excluding hydrogens is 286 g/mol. The summed E-state index contributed by atoms with van der Waals surface area (Å²) < 4.78 is 5.10. The molecule has 0 bridgehead atoms. The second-order valence-electron chi connectivity index (χ2n) is 5.11.